The van der Waals surface area contributed by atoms with Crippen molar-refractivity contribution in [3.8, 4) is 11.5 Å². The van der Waals surface area contributed by atoms with Crippen LogP contribution >= 0.6 is 0 Å². The van der Waals surface area contributed by atoms with Crippen LogP contribution in [0.4, 0.5) is 5.69 Å². The van der Waals surface area contributed by atoms with Gasteiger partial charge in [-0.1, -0.05) is 29.8 Å². The molecule has 0 atom stereocenters. The van der Waals surface area contributed by atoms with Crippen LogP contribution in [0.1, 0.15) is 25.0 Å². The number of aryl methyl sites for hydroxylation is 1. The van der Waals surface area contributed by atoms with Crippen LogP contribution in [0.5, 0.6) is 11.5 Å². The van der Waals surface area contributed by atoms with Crippen LogP contribution < -0.4 is 20.1 Å². The average molecular weight is 354 g/mol. The van der Waals surface area contributed by atoms with Gasteiger partial charge in [0.15, 0.2) is 11.5 Å². The van der Waals surface area contributed by atoms with Gasteiger partial charge in [0.25, 0.3) is 0 Å². The molecule has 2 N–H and O–H groups in total. The van der Waals surface area contributed by atoms with E-state index in [0.29, 0.717) is 23.7 Å². The summed E-state index contributed by atoms with van der Waals surface area (Å²) >= 11 is 0. The van der Waals surface area contributed by atoms with Crippen molar-refractivity contribution < 1.29 is 19.1 Å². The van der Waals surface area contributed by atoms with E-state index in [1.54, 1.807) is 32.0 Å². The Morgan fingerprint density at radius 2 is 1.81 bits per heavy atom. The van der Waals surface area contributed by atoms with Gasteiger partial charge in [-0.3, -0.25) is 9.59 Å². The Hall–Kier alpha value is -3.02. The topological polar surface area (TPSA) is 76.7 Å². The summed E-state index contributed by atoms with van der Waals surface area (Å²) in [6.45, 7) is 5.73. The molecule has 2 aromatic rings. The Morgan fingerprint density at radius 1 is 1.04 bits per heavy atom. The molecule has 3 rings (SSSR count). The Bertz CT molecular complexity index is 845. The zero-order valence-electron chi connectivity index (χ0n) is 15.1. The highest BCUT2D eigenvalue weighted by Gasteiger charge is 2.36. The fourth-order valence-corrected chi connectivity index (χ4v) is 2.59. The van der Waals surface area contributed by atoms with E-state index < -0.39 is 11.3 Å². The average Bonchev–Trinajstić information content (AvgIpc) is 3.07. The molecule has 1 aliphatic heterocycles. The Morgan fingerprint density at radius 3 is 2.58 bits per heavy atom. The van der Waals surface area contributed by atoms with Gasteiger partial charge in [0.05, 0.1) is 0 Å². The molecule has 0 spiro atoms. The van der Waals surface area contributed by atoms with E-state index >= 15 is 0 Å². The van der Waals surface area contributed by atoms with E-state index in [1.165, 1.54) is 0 Å². The molecule has 0 unspecified atom stereocenters. The third-order valence-corrected chi connectivity index (χ3v) is 4.30. The van der Waals surface area contributed by atoms with Gasteiger partial charge in [-0.15, -0.1) is 0 Å². The summed E-state index contributed by atoms with van der Waals surface area (Å²) in [5, 5.41) is 5.60. The molecular weight excluding hydrogens is 332 g/mol. The summed E-state index contributed by atoms with van der Waals surface area (Å²) in [6.07, 6.45) is 0. The smallest absolute Gasteiger partial charge is 0.239 e. The summed E-state index contributed by atoms with van der Waals surface area (Å²) in [5.74, 6) is 0.484. The largest absolute Gasteiger partial charge is 0.454 e. The van der Waals surface area contributed by atoms with Gasteiger partial charge in [0.2, 0.25) is 18.6 Å². The number of benzene rings is 2. The van der Waals surface area contributed by atoms with Gasteiger partial charge >= 0.3 is 0 Å². The second-order valence-electron chi connectivity index (χ2n) is 6.82. The molecule has 2 aromatic carbocycles. The molecule has 1 aliphatic rings. The predicted octanol–water partition coefficient (Wildman–Crippen LogP) is 3.00. The summed E-state index contributed by atoms with van der Waals surface area (Å²) < 4.78 is 10.5. The number of fused-ring (bicyclic) bond motifs is 1. The van der Waals surface area contributed by atoms with Crippen molar-refractivity contribution in [2.75, 3.05) is 12.1 Å². The normalized spacial score (nSPS) is 12.6. The van der Waals surface area contributed by atoms with Crippen molar-refractivity contribution in [2.45, 2.75) is 27.3 Å². The van der Waals surface area contributed by atoms with Crippen molar-refractivity contribution in [1.82, 2.24) is 5.32 Å². The number of hydrogen-bond acceptors (Lipinski definition) is 4. The van der Waals surface area contributed by atoms with Crippen LogP contribution in [0.25, 0.3) is 0 Å². The maximum Gasteiger partial charge on any atom is 0.239 e. The van der Waals surface area contributed by atoms with Gasteiger partial charge in [-0.2, -0.15) is 0 Å². The van der Waals surface area contributed by atoms with Crippen molar-refractivity contribution in [1.29, 1.82) is 0 Å². The van der Waals surface area contributed by atoms with Gasteiger partial charge in [-0.25, -0.2) is 0 Å². The summed E-state index contributed by atoms with van der Waals surface area (Å²) in [4.78, 5) is 25.1. The van der Waals surface area contributed by atoms with Crippen molar-refractivity contribution in [3.63, 3.8) is 0 Å². The van der Waals surface area contributed by atoms with Crippen molar-refractivity contribution in [2.24, 2.45) is 5.41 Å². The summed E-state index contributed by atoms with van der Waals surface area (Å²) in [5.41, 5.74) is 1.45. The van der Waals surface area contributed by atoms with Gasteiger partial charge < -0.3 is 20.1 Å². The highest BCUT2D eigenvalue weighted by molar-refractivity contribution is 6.09. The monoisotopic (exact) mass is 354 g/mol. The molecule has 6 heteroatoms. The first-order valence-electron chi connectivity index (χ1n) is 8.41. The number of rotatable bonds is 5. The molecule has 1 heterocycles. The third kappa shape index (κ3) is 3.79. The van der Waals surface area contributed by atoms with Gasteiger partial charge in [0, 0.05) is 18.3 Å². The molecule has 0 radical (unpaired) electrons. The van der Waals surface area contributed by atoms with Crippen LogP contribution in [-0.2, 0) is 16.1 Å². The lowest BCUT2D eigenvalue weighted by molar-refractivity contribution is -0.138. The second kappa shape index (κ2) is 7.07. The zero-order chi connectivity index (χ0) is 18.7. The molecule has 0 bridgehead atoms. The maximum absolute atomic E-state index is 12.6. The molecule has 0 aliphatic carbocycles. The SMILES string of the molecule is Cc1cccc(CNC(=O)C(C)(C)C(=O)Nc2ccc3c(c2)OCO3)c1. The van der Waals surface area contributed by atoms with Crippen LogP contribution in [0.3, 0.4) is 0 Å². The lowest BCUT2D eigenvalue weighted by atomic mass is 9.90. The highest BCUT2D eigenvalue weighted by atomic mass is 16.7. The van der Waals surface area contributed by atoms with Crippen LogP contribution in [0, 0.1) is 12.3 Å². The third-order valence-electron chi connectivity index (χ3n) is 4.30. The summed E-state index contributed by atoms with van der Waals surface area (Å²) in [6, 6.07) is 13.0. The van der Waals surface area contributed by atoms with Crippen LogP contribution in [0.2, 0.25) is 0 Å². The van der Waals surface area contributed by atoms with Crippen LogP contribution in [0.15, 0.2) is 42.5 Å². The standard InChI is InChI=1S/C20H22N2O4/c1-13-5-4-6-14(9-13)11-21-18(23)20(2,3)19(24)22-15-7-8-16-17(10-15)26-12-25-16/h4-10H,11-12H2,1-3H3,(H,21,23)(H,22,24). The van der Waals surface area contributed by atoms with Crippen molar-refractivity contribution in [3.05, 3.63) is 53.6 Å². The first kappa shape index (κ1) is 17.8. The number of ether oxygens (including phenoxy) is 2. The van der Waals surface area contributed by atoms with E-state index in [-0.39, 0.29) is 12.7 Å². The number of hydrogen-bond donors (Lipinski definition) is 2. The number of carbonyl (C=O) groups excluding carboxylic acids is 2. The molecule has 2 amide bonds. The molecular formula is C20H22N2O4. The lowest BCUT2D eigenvalue weighted by Gasteiger charge is -2.23. The van der Waals surface area contributed by atoms with Gasteiger partial charge in [0.1, 0.15) is 5.41 Å². The minimum atomic E-state index is -1.22. The van der Waals surface area contributed by atoms with E-state index in [2.05, 4.69) is 10.6 Å². The van der Waals surface area contributed by atoms with E-state index in [1.807, 2.05) is 31.2 Å². The fraction of sp³-hybridized carbons (Fsp3) is 0.300. The number of nitrogens with one attached hydrogen (secondary N) is 2. The fourth-order valence-electron chi connectivity index (χ4n) is 2.59. The second-order valence-corrected chi connectivity index (χ2v) is 6.82. The first-order chi connectivity index (χ1) is 12.4. The number of anilines is 1. The van der Waals surface area contributed by atoms with Crippen LogP contribution in [-0.4, -0.2) is 18.6 Å². The van der Waals surface area contributed by atoms with Crippen molar-refractivity contribution >= 4 is 17.5 Å². The molecule has 0 aromatic heterocycles. The van der Waals surface area contributed by atoms with E-state index in [0.717, 1.165) is 11.1 Å². The van der Waals surface area contributed by atoms with E-state index in [9.17, 15) is 9.59 Å². The minimum Gasteiger partial charge on any atom is -0.454 e. The molecule has 0 fully saturated rings. The Labute approximate surface area is 152 Å². The van der Waals surface area contributed by atoms with Gasteiger partial charge in [-0.05, 0) is 38.5 Å². The first-order valence-corrected chi connectivity index (χ1v) is 8.41. The predicted molar refractivity (Wildman–Crippen MR) is 98.0 cm³/mol. The Balaban J connectivity index is 1.62. The quantitative estimate of drug-likeness (QED) is 0.809. The summed E-state index contributed by atoms with van der Waals surface area (Å²) in [7, 11) is 0. The molecule has 0 saturated heterocycles. The maximum atomic E-state index is 12.6. The molecule has 0 saturated carbocycles. The zero-order valence-corrected chi connectivity index (χ0v) is 15.1. The molecule has 136 valence electrons. The molecule has 26 heavy (non-hydrogen) atoms. The van der Waals surface area contributed by atoms with E-state index in [4.69, 9.17) is 9.47 Å². The minimum absolute atomic E-state index is 0.166. The number of amides is 2. The highest BCUT2D eigenvalue weighted by Crippen LogP contribution is 2.34. The molecule has 6 nitrogen and oxygen atoms in total. The Kier molecular flexibility index (Phi) is 4.84. The number of carbonyl (C=O) groups is 2. The lowest BCUT2D eigenvalue weighted by Crippen LogP contribution is -2.44.